The molecule has 3 aromatic heterocycles. The summed E-state index contributed by atoms with van der Waals surface area (Å²) in [6, 6.07) is 11.9. The summed E-state index contributed by atoms with van der Waals surface area (Å²) in [7, 11) is 0. The van der Waals surface area contributed by atoms with Crippen molar-refractivity contribution in [3.8, 4) is 22.2 Å². The quantitative estimate of drug-likeness (QED) is 0.575. The maximum atomic E-state index is 5.50. The second-order valence-electron chi connectivity index (χ2n) is 5.08. The summed E-state index contributed by atoms with van der Waals surface area (Å²) in [5.41, 5.74) is 2.87. The highest BCUT2D eigenvalue weighted by Gasteiger charge is 2.11. The van der Waals surface area contributed by atoms with Crippen LogP contribution < -0.4 is 0 Å². The average molecular weight is 323 g/mol. The van der Waals surface area contributed by atoms with Gasteiger partial charge in [-0.3, -0.25) is 0 Å². The molecule has 0 saturated heterocycles. The lowest BCUT2D eigenvalue weighted by Gasteiger charge is -1.98. The Morgan fingerprint density at radius 2 is 2.09 bits per heavy atom. The van der Waals surface area contributed by atoms with Crippen molar-refractivity contribution in [2.24, 2.45) is 0 Å². The smallest absolute Gasteiger partial charge is 0.236 e. The Morgan fingerprint density at radius 3 is 2.91 bits per heavy atom. The molecule has 0 atom stereocenters. The van der Waals surface area contributed by atoms with Gasteiger partial charge >= 0.3 is 0 Å². The lowest BCUT2D eigenvalue weighted by atomic mass is 10.1. The molecule has 0 amide bonds. The number of aromatic nitrogens is 5. The number of hydrogen-bond donors (Lipinski definition) is 0. The van der Waals surface area contributed by atoms with Gasteiger partial charge in [0.1, 0.15) is 18.5 Å². The monoisotopic (exact) mass is 323 g/mol. The molecule has 3 heterocycles. The summed E-state index contributed by atoms with van der Waals surface area (Å²) in [5, 5.41) is 14.6. The summed E-state index contributed by atoms with van der Waals surface area (Å²) >= 11 is 1.59. The predicted molar refractivity (Wildman–Crippen MR) is 86.9 cm³/mol. The van der Waals surface area contributed by atoms with Crippen molar-refractivity contribution in [3.63, 3.8) is 0 Å². The molecule has 0 saturated carbocycles. The highest BCUT2D eigenvalue weighted by molar-refractivity contribution is 7.13. The maximum absolute atomic E-state index is 5.50. The molecule has 1 aromatic carbocycles. The molecule has 6 nitrogen and oxygen atoms in total. The molecule has 4 rings (SSSR count). The zero-order chi connectivity index (χ0) is 15.6. The van der Waals surface area contributed by atoms with Crippen LogP contribution in [0.15, 0.2) is 52.5 Å². The Hall–Kier alpha value is -2.80. The third kappa shape index (κ3) is 2.78. The normalized spacial score (nSPS) is 11.0. The van der Waals surface area contributed by atoms with Crippen LogP contribution >= 0.6 is 11.3 Å². The highest BCUT2D eigenvalue weighted by Crippen LogP contribution is 2.24. The van der Waals surface area contributed by atoms with E-state index in [0.717, 1.165) is 21.7 Å². The molecule has 4 aromatic rings. The van der Waals surface area contributed by atoms with E-state index in [4.69, 9.17) is 4.42 Å². The highest BCUT2D eigenvalue weighted by atomic mass is 32.1. The minimum atomic E-state index is 0.424. The van der Waals surface area contributed by atoms with E-state index in [0.29, 0.717) is 18.3 Å². The lowest BCUT2D eigenvalue weighted by Crippen LogP contribution is -2.04. The second-order valence-corrected chi connectivity index (χ2v) is 6.03. The largest absolute Gasteiger partial charge is 0.443 e. The van der Waals surface area contributed by atoms with E-state index in [1.54, 1.807) is 17.6 Å². The summed E-state index contributed by atoms with van der Waals surface area (Å²) in [5.74, 6) is 1.24. The SMILES string of the molecule is Cc1ccccc1-c1nnn(Cc2coc(-c3cccs3)n2)n1. The van der Waals surface area contributed by atoms with Crippen LogP contribution in [0.2, 0.25) is 0 Å². The summed E-state index contributed by atoms with van der Waals surface area (Å²) < 4.78 is 5.50. The molecule has 0 aliphatic carbocycles. The molecule has 0 bridgehead atoms. The van der Waals surface area contributed by atoms with Gasteiger partial charge in [0.2, 0.25) is 11.7 Å². The zero-order valence-corrected chi connectivity index (χ0v) is 13.2. The van der Waals surface area contributed by atoms with Crippen LogP contribution in [0.3, 0.4) is 0 Å². The summed E-state index contributed by atoms with van der Waals surface area (Å²) in [4.78, 5) is 6.99. The number of benzene rings is 1. The minimum absolute atomic E-state index is 0.424. The van der Waals surface area contributed by atoms with Gasteiger partial charge in [0.25, 0.3) is 0 Å². The summed E-state index contributed by atoms with van der Waals surface area (Å²) in [6.45, 7) is 2.45. The van der Waals surface area contributed by atoms with Crippen LogP contribution in [-0.2, 0) is 6.54 Å². The molecule has 0 aliphatic heterocycles. The molecule has 7 heteroatoms. The minimum Gasteiger partial charge on any atom is -0.443 e. The van der Waals surface area contributed by atoms with Gasteiger partial charge in [0, 0.05) is 5.56 Å². The Balaban J connectivity index is 1.55. The second kappa shape index (κ2) is 5.77. The standard InChI is InChI=1S/C16H13N5OS/c1-11-5-2-3-6-13(11)15-18-20-21(19-15)9-12-10-22-16(17-12)14-7-4-8-23-14/h2-8,10H,9H2,1H3. The van der Waals surface area contributed by atoms with E-state index >= 15 is 0 Å². The molecule has 114 valence electrons. The fourth-order valence-electron chi connectivity index (χ4n) is 2.28. The van der Waals surface area contributed by atoms with E-state index in [-0.39, 0.29) is 0 Å². The summed E-state index contributed by atoms with van der Waals surface area (Å²) in [6.07, 6.45) is 1.63. The number of oxazole rings is 1. The van der Waals surface area contributed by atoms with E-state index in [1.165, 1.54) is 4.80 Å². The van der Waals surface area contributed by atoms with Crippen molar-refractivity contribution in [1.82, 2.24) is 25.2 Å². The molecular weight excluding hydrogens is 310 g/mol. The van der Waals surface area contributed by atoms with Crippen LogP contribution in [0.25, 0.3) is 22.2 Å². The number of rotatable bonds is 4. The molecule has 0 N–H and O–H groups in total. The fourth-order valence-corrected chi connectivity index (χ4v) is 2.94. The van der Waals surface area contributed by atoms with Crippen molar-refractivity contribution >= 4 is 11.3 Å². The molecule has 0 aliphatic rings. The van der Waals surface area contributed by atoms with Crippen LogP contribution in [0.5, 0.6) is 0 Å². The van der Waals surface area contributed by atoms with E-state index in [9.17, 15) is 0 Å². The third-order valence-corrected chi connectivity index (χ3v) is 4.28. The van der Waals surface area contributed by atoms with E-state index < -0.39 is 0 Å². The first-order valence-corrected chi connectivity index (χ1v) is 7.99. The first kappa shape index (κ1) is 13.8. The number of nitrogens with zero attached hydrogens (tertiary/aromatic N) is 5. The average Bonchev–Trinajstić information content (AvgIpc) is 3.29. The Bertz CT molecular complexity index is 926. The number of hydrogen-bond acceptors (Lipinski definition) is 6. The van der Waals surface area contributed by atoms with Crippen molar-refractivity contribution in [1.29, 1.82) is 0 Å². The predicted octanol–water partition coefficient (Wildman–Crippen LogP) is 3.41. The fraction of sp³-hybridized carbons (Fsp3) is 0.125. The van der Waals surface area contributed by atoms with Crippen LogP contribution in [-0.4, -0.2) is 25.2 Å². The van der Waals surface area contributed by atoms with Gasteiger partial charge in [-0.05, 0) is 29.1 Å². The van der Waals surface area contributed by atoms with Crippen molar-refractivity contribution in [2.75, 3.05) is 0 Å². The van der Waals surface area contributed by atoms with Gasteiger partial charge in [0.05, 0.1) is 4.88 Å². The van der Waals surface area contributed by atoms with Gasteiger partial charge in [-0.2, -0.15) is 4.80 Å². The van der Waals surface area contributed by atoms with Crippen molar-refractivity contribution < 1.29 is 4.42 Å². The first-order chi connectivity index (χ1) is 11.3. The third-order valence-electron chi connectivity index (χ3n) is 3.43. The number of tetrazole rings is 1. The topological polar surface area (TPSA) is 69.6 Å². The molecule has 0 radical (unpaired) electrons. The molecule has 23 heavy (non-hydrogen) atoms. The van der Waals surface area contributed by atoms with E-state index in [2.05, 4.69) is 20.4 Å². The Labute approximate surface area is 136 Å². The van der Waals surface area contributed by atoms with Gasteiger partial charge in [-0.1, -0.05) is 30.3 Å². The zero-order valence-electron chi connectivity index (χ0n) is 12.4. The molecule has 0 spiro atoms. The van der Waals surface area contributed by atoms with Crippen LogP contribution in [0.4, 0.5) is 0 Å². The Morgan fingerprint density at radius 1 is 1.17 bits per heavy atom. The van der Waals surface area contributed by atoms with Gasteiger partial charge in [-0.25, -0.2) is 4.98 Å². The van der Waals surface area contributed by atoms with Gasteiger partial charge in [0.15, 0.2) is 0 Å². The lowest BCUT2D eigenvalue weighted by molar-refractivity contribution is 0.550. The molecule has 0 unspecified atom stereocenters. The van der Waals surface area contributed by atoms with Crippen molar-refractivity contribution in [3.05, 3.63) is 59.3 Å². The van der Waals surface area contributed by atoms with E-state index in [1.807, 2.05) is 48.7 Å². The number of thiophene rings is 1. The van der Waals surface area contributed by atoms with Crippen LogP contribution in [0.1, 0.15) is 11.3 Å². The van der Waals surface area contributed by atoms with Crippen molar-refractivity contribution in [2.45, 2.75) is 13.5 Å². The van der Waals surface area contributed by atoms with Gasteiger partial charge in [-0.15, -0.1) is 21.5 Å². The maximum Gasteiger partial charge on any atom is 0.236 e. The molecule has 0 fully saturated rings. The number of aryl methyl sites for hydroxylation is 1. The molecular formula is C16H13N5OS. The first-order valence-electron chi connectivity index (χ1n) is 7.12. The van der Waals surface area contributed by atoms with Crippen LogP contribution in [0, 0.1) is 6.92 Å². The Kier molecular flexibility index (Phi) is 3.47. The van der Waals surface area contributed by atoms with Gasteiger partial charge < -0.3 is 4.42 Å².